The van der Waals surface area contributed by atoms with E-state index in [-0.39, 0.29) is 23.9 Å². The lowest BCUT2D eigenvalue weighted by Crippen LogP contribution is -2.45. The Morgan fingerprint density at radius 2 is 1.60 bits per heavy atom. The first-order valence-electron chi connectivity index (χ1n) is 8.55. The van der Waals surface area contributed by atoms with Gasteiger partial charge in [0.05, 0.1) is 0 Å². The smallest absolute Gasteiger partial charge is 0.315 e. The third kappa shape index (κ3) is 7.69. The van der Waals surface area contributed by atoms with Gasteiger partial charge < -0.3 is 21.3 Å². The van der Waals surface area contributed by atoms with E-state index in [0.29, 0.717) is 18.7 Å². The monoisotopic (exact) mass is 348 g/mol. The maximum atomic E-state index is 12.2. The number of carbonyl (C=O) groups is 3. The Hall–Kier alpha value is -2.57. The van der Waals surface area contributed by atoms with Crippen molar-refractivity contribution in [3.05, 3.63) is 35.4 Å². The third-order valence-electron chi connectivity index (χ3n) is 3.38. The summed E-state index contributed by atoms with van der Waals surface area (Å²) in [5.41, 5.74) is 1.34. The molecule has 0 heterocycles. The van der Waals surface area contributed by atoms with Crippen molar-refractivity contribution >= 4 is 17.8 Å². The number of benzene rings is 1. The maximum Gasteiger partial charge on any atom is 0.315 e. The van der Waals surface area contributed by atoms with E-state index in [4.69, 9.17) is 0 Å². The Labute approximate surface area is 148 Å². The van der Waals surface area contributed by atoms with Crippen LogP contribution in [0.3, 0.4) is 0 Å². The van der Waals surface area contributed by atoms with Crippen molar-refractivity contribution in [3.8, 4) is 0 Å². The predicted molar refractivity (Wildman–Crippen MR) is 97.2 cm³/mol. The van der Waals surface area contributed by atoms with Crippen LogP contribution in [0.1, 0.15) is 50.0 Å². The Kier molecular flexibility index (Phi) is 8.46. The average Bonchev–Trinajstić information content (AvgIpc) is 2.57. The minimum atomic E-state index is -0.597. The molecule has 0 saturated carbocycles. The van der Waals surface area contributed by atoms with Crippen LogP contribution in [0.4, 0.5) is 4.79 Å². The van der Waals surface area contributed by atoms with Crippen molar-refractivity contribution in [3.63, 3.8) is 0 Å². The zero-order chi connectivity index (χ0) is 18.8. The number of urea groups is 1. The molecule has 7 heteroatoms. The van der Waals surface area contributed by atoms with E-state index in [2.05, 4.69) is 21.3 Å². The average molecular weight is 348 g/mol. The highest BCUT2D eigenvalue weighted by Crippen LogP contribution is 2.05. The molecular formula is C18H28N4O3. The van der Waals surface area contributed by atoms with Crippen molar-refractivity contribution in [2.75, 3.05) is 6.54 Å². The molecule has 1 aromatic carbocycles. The lowest BCUT2D eigenvalue weighted by molar-refractivity contribution is -0.122. The SMILES string of the molecule is CCCNC(=O)[C@H](C)NC(=O)c1ccc(CNC(=O)NC(C)C)cc1. The molecule has 0 saturated heterocycles. The summed E-state index contributed by atoms with van der Waals surface area (Å²) in [5.74, 6) is -0.511. The summed E-state index contributed by atoms with van der Waals surface area (Å²) in [5, 5.41) is 10.9. The van der Waals surface area contributed by atoms with Crippen LogP contribution in [0.25, 0.3) is 0 Å². The minimum Gasteiger partial charge on any atom is -0.354 e. The van der Waals surface area contributed by atoms with Crippen molar-refractivity contribution < 1.29 is 14.4 Å². The van der Waals surface area contributed by atoms with Crippen LogP contribution in [0.5, 0.6) is 0 Å². The van der Waals surface area contributed by atoms with Gasteiger partial charge in [0.25, 0.3) is 5.91 Å². The Bertz CT molecular complexity index is 584. The van der Waals surface area contributed by atoms with Gasteiger partial charge in [0, 0.05) is 24.7 Å². The van der Waals surface area contributed by atoms with Crippen LogP contribution in [0.2, 0.25) is 0 Å². The van der Waals surface area contributed by atoms with E-state index in [1.807, 2.05) is 20.8 Å². The number of amides is 4. The molecule has 7 nitrogen and oxygen atoms in total. The van der Waals surface area contributed by atoms with Crippen molar-refractivity contribution in [1.82, 2.24) is 21.3 Å². The summed E-state index contributed by atoms with van der Waals surface area (Å²) >= 11 is 0. The summed E-state index contributed by atoms with van der Waals surface area (Å²) < 4.78 is 0. The Morgan fingerprint density at radius 3 is 2.16 bits per heavy atom. The zero-order valence-electron chi connectivity index (χ0n) is 15.3. The first kappa shape index (κ1) is 20.5. The molecule has 0 fully saturated rings. The van der Waals surface area contributed by atoms with Gasteiger partial charge in [0.2, 0.25) is 5.91 Å². The third-order valence-corrected chi connectivity index (χ3v) is 3.38. The molecule has 0 aliphatic carbocycles. The normalized spacial score (nSPS) is 11.6. The van der Waals surface area contributed by atoms with Crippen molar-refractivity contribution in [1.29, 1.82) is 0 Å². The van der Waals surface area contributed by atoms with E-state index < -0.39 is 6.04 Å². The molecule has 0 aromatic heterocycles. The van der Waals surface area contributed by atoms with Crippen LogP contribution < -0.4 is 21.3 Å². The molecule has 4 amide bonds. The number of hydrogen-bond donors (Lipinski definition) is 4. The highest BCUT2D eigenvalue weighted by molar-refractivity contribution is 5.97. The summed E-state index contributed by atoms with van der Waals surface area (Å²) in [6.45, 7) is 8.34. The first-order valence-corrected chi connectivity index (χ1v) is 8.55. The molecule has 0 aliphatic heterocycles. The number of hydrogen-bond acceptors (Lipinski definition) is 3. The van der Waals surface area contributed by atoms with E-state index in [9.17, 15) is 14.4 Å². The van der Waals surface area contributed by atoms with Crippen molar-refractivity contribution in [2.24, 2.45) is 0 Å². The van der Waals surface area contributed by atoms with Gasteiger partial charge in [-0.2, -0.15) is 0 Å². The van der Waals surface area contributed by atoms with Gasteiger partial charge in [-0.25, -0.2) is 4.79 Å². The van der Waals surface area contributed by atoms with Crippen molar-refractivity contribution in [2.45, 2.75) is 52.7 Å². The molecule has 0 unspecified atom stereocenters. The Balaban J connectivity index is 2.50. The van der Waals surface area contributed by atoms with Gasteiger partial charge in [-0.15, -0.1) is 0 Å². The summed E-state index contributed by atoms with van der Waals surface area (Å²) in [7, 11) is 0. The van der Waals surface area contributed by atoms with Gasteiger partial charge in [-0.1, -0.05) is 19.1 Å². The van der Waals surface area contributed by atoms with Gasteiger partial charge in [0.1, 0.15) is 6.04 Å². The fourth-order valence-electron chi connectivity index (χ4n) is 2.02. The van der Waals surface area contributed by atoms with Gasteiger partial charge >= 0.3 is 6.03 Å². The second kappa shape index (κ2) is 10.3. The highest BCUT2D eigenvalue weighted by Gasteiger charge is 2.15. The molecule has 0 aliphatic rings. The highest BCUT2D eigenvalue weighted by atomic mass is 16.2. The van der Waals surface area contributed by atoms with Crippen LogP contribution in [-0.4, -0.2) is 36.5 Å². The van der Waals surface area contributed by atoms with E-state index in [1.54, 1.807) is 31.2 Å². The molecule has 25 heavy (non-hydrogen) atoms. The van der Waals surface area contributed by atoms with Crippen LogP contribution in [0.15, 0.2) is 24.3 Å². The van der Waals surface area contributed by atoms with Gasteiger partial charge in [-0.05, 0) is 44.9 Å². The predicted octanol–water partition coefficient (Wildman–Crippen LogP) is 1.54. The summed E-state index contributed by atoms with van der Waals surface area (Å²) in [6.07, 6.45) is 0.844. The van der Waals surface area contributed by atoms with Gasteiger partial charge in [0.15, 0.2) is 0 Å². The lowest BCUT2D eigenvalue weighted by Gasteiger charge is -2.14. The second-order valence-corrected chi connectivity index (χ2v) is 6.16. The molecule has 1 atom stereocenters. The zero-order valence-corrected chi connectivity index (χ0v) is 15.3. The van der Waals surface area contributed by atoms with E-state index >= 15 is 0 Å². The summed E-state index contributed by atoms with van der Waals surface area (Å²) in [4.78, 5) is 35.5. The first-order chi connectivity index (χ1) is 11.8. The second-order valence-electron chi connectivity index (χ2n) is 6.16. The molecule has 0 spiro atoms. The Morgan fingerprint density at radius 1 is 0.960 bits per heavy atom. The van der Waals surface area contributed by atoms with Crippen LogP contribution >= 0.6 is 0 Å². The standard InChI is InChI=1S/C18H28N4O3/c1-5-10-19-16(23)13(4)22-17(24)15-8-6-14(7-9-15)11-20-18(25)21-12(2)3/h6-9,12-13H,5,10-11H2,1-4H3,(H,19,23)(H,22,24)(H2,20,21,25)/t13-/m0/s1. The summed E-state index contributed by atoms with van der Waals surface area (Å²) in [6, 6.07) is 6.12. The lowest BCUT2D eigenvalue weighted by atomic mass is 10.1. The molecule has 0 radical (unpaired) electrons. The maximum absolute atomic E-state index is 12.2. The number of rotatable bonds is 8. The fourth-order valence-corrected chi connectivity index (χ4v) is 2.02. The molecule has 4 N–H and O–H groups in total. The topological polar surface area (TPSA) is 99.3 Å². The fraction of sp³-hybridized carbons (Fsp3) is 0.500. The number of nitrogens with one attached hydrogen (secondary N) is 4. The largest absolute Gasteiger partial charge is 0.354 e. The molecule has 1 aromatic rings. The molecular weight excluding hydrogens is 320 g/mol. The van der Waals surface area contributed by atoms with Crippen LogP contribution in [0, 0.1) is 0 Å². The van der Waals surface area contributed by atoms with E-state index in [0.717, 1.165) is 12.0 Å². The van der Waals surface area contributed by atoms with Crippen LogP contribution in [-0.2, 0) is 11.3 Å². The molecule has 138 valence electrons. The quantitative estimate of drug-likeness (QED) is 0.573. The number of carbonyl (C=O) groups excluding carboxylic acids is 3. The molecule has 0 bridgehead atoms. The molecule has 1 rings (SSSR count). The van der Waals surface area contributed by atoms with Gasteiger partial charge in [-0.3, -0.25) is 9.59 Å². The minimum absolute atomic E-state index is 0.0718. The van der Waals surface area contributed by atoms with E-state index in [1.165, 1.54) is 0 Å².